The van der Waals surface area contributed by atoms with Crippen LogP contribution in [0.4, 0.5) is 0 Å². The van der Waals surface area contributed by atoms with Crippen molar-refractivity contribution in [2.75, 3.05) is 0 Å². The van der Waals surface area contributed by atoms with E-state index >= 15 is 0 Å². The van der Waals surface area contributed by atoms with Crippen molar-refractivity contribution >= 4 is 23.3 Å². The van der Waals surface area contributed by atoms with Crippen LogP contribution in [0.3, 0.4) is 0 Å². The van der Waals surface area contributed by atoms with Gasteiger partial charge in [0.1, 0.15) is 11.5 Å². The molecule has 6 nitrogen and oxygen atoms in total. The smallest absolute Gasteiger partial charge is 0.290 e. The van der Waals surface area contributed by atoms with E-state index in [0.29, 0.717) is 22.1 Å². The molecule has 1 N–H and O–H groups in total. The number of amides is 1. The first kappa shape index (κ1) is 18.1. The number of rotatable bonds is 5. The van der Waals surface area contributed by atoms with Crippen LogP contribution in [0.5, 0.6) is 0 Å². The number of Topliss-reactive ketones (excluding diaryl/α,β-unsaturated/α-hetero) is 1. The summed E-state index contributed by atoms with van der Waals surface area (Å²) in [5.74, 6) is -0.677. The molecule has 1 amide bonds. The summed E-state index contributed by atoms with van der Waals surface area (Å²) in [7, 11) is 0. The number of carbonyl (C=O) groups is 2. The Morgan fingerprint density at radius 1 is 1.21 bits per heavy atom. The molecule has 0 aliphatic carbocycles. The summed E-state index contributed by atoms with van der Waals surface area (Å²) in [5, 5.41) is 11.0. The lowest BCUT2D eigenvalue weighted by Crippen LogP contribution is -2.30. The number of benzene rings is 1. The third-order valence-corrected chi connectivity index (χ3v) is 4.82. The number of ketones is 1. The monoisotopic (exact) mass is 397 g/mol. The number of nitrogens with zero attached hydrogens (tertiary/aromatic N) is 1. The summed E-state index contributed by atoms with van der Waals surface area (Å²) in [4.78, 5) is 27.3. The maximum absolute atomic E-state index is 13.1. The Hall–Kier alpha value is -3.25. The minimum atomic E-state index is -0.825. The van der Waals surface area contributed by atoms with Crippen molar-refractivity contribution in [1.29, 1.82) is 0 Å². The summed E-state index contributed by atoms with van der Waals surface area (Å²) < 4.78 is 10.8. The number of halogens is 1. The molecule has 0 radical (unpaired) electrons. The number of aliphatic hydroxyl groups is 1. The average molecular weight is 398 g/mol. The van der Waals surface area contributed by atoms with Gasteiger partial charge in [-0.25, -0.2) is 0 Å². The van der Waals surface area contributed by atoms with Gasteiger partial charge in [0.2, 0.25) is 5.78 Å². The Bertz CT molecular complexity index is 1080. The SMILES string of the molecule is Cc1ccc(C(=O)C2=C(O)C(=O)N(Cc3ccco3)[C@H]2c2cccc(Cl)c2)o1. The highest BCUT2D eigenvalue weighted by Gasteiger charge is 2.44. The maximum atomic E-state index is 13.1. The van der Waals surface area contributed by atoms with Crippen LogP contribution in [-0.2, 0) is 11.3 Å². The second-order valence-electron chi connectivity index (χ2n) is 6.47. The Kier molecular flexibility index (Phi) is 4.57. The van der Waals surface area contributed by atoms with Gasteiger partial charge in [-0.3, -0.25) is 9.59 Å². The zero-order chi connectivity index (χ0) is 19.8. The first-order valence-corrected chi connectivity index (χ1v) is 8.96. The topological polar surface area (TPSA) is 83.9 Å². The van der Waals surface area contributed by atoms with Gasteiger partial charge in [0.15, 0.2) is 11.5 Å². The zero-order valence-corrected chi connectivity index (χ0v) is 15.6. The van der Waals surface area contributed by atoms with E-state index in [4.69, 9.17) is 20.4 Å². The molecule has 1 aliphatic rings. The van der Waals surface area contributed by atoms with Gasteiger partial charge >= 0.3 is 0 Å². The third-order valence-electron chi connectivity index (χ3n) is 4.58. The molecule has 1 aromatic carbocycles. The fraction of sp³-hybridized carbons (Fsp3) is 0.143. The Morgan fingerprint density at radius 3 is 2.68 bits per heavy atom. The molecule has 0 saturated heterocycles. The number of carbonyl (C=O) groups excluding carboxylic acids is 2. The van der Waals surface area contributed by atoms with Gasteiger partial charge < -0.3 is 18.8 Å². The molecular weight excluding hydrogens is 382 g/mol. The van der Waals surface area contributed by atoms with Crippen molar-refractivity contribution in [3.63, 3.8) is 0 Å². The number of hydrogen-bond donors (Lipinski definition) is 1. The second-order valence-corrected chi connectivity index (χ2v) is 6.91. The third kappa shape index (κ3) is 3.12. The number of furan rings is 2. The summed E-state index contributed by atoms with van der Waals surface area (Å²) in [6, 6.07) is 12.6. The standard InChI is InChI=1S/C21H16ClNO5/c1-12-7-8-16(28-12)19(24)17-18(13-4-2-5-14(22)10-13)23(21(26)20(17)25)11-15-6-3-9-27-15/h2-10,18,25H,11H2,1H3/t18-/m0/s1. The molecule has 0 saturated carbocycles. The van der Waals surface area contributed by atoms with Crippen LogP contribution in [0, 0.1) is 6.92 Å². The predicted molar refractivity (Wildman–Crippen MR) is 101 cm³/mol. The van der Waals surface area contributed by atoms with E-state index in [9.17, 15) is 14.7 Å². The van der Waals surface area contributed by atoms with Gasteiger partial charge in [-0.1, -0.05) is 23.7 Å². The van der Waals surface area contributed by atoms with Gasteiger partial charge in [-0.15, -0.1) is 0 Å². The van der Waals surface area contributed by atoms with E-state index in [0.717, 1.165) is 0 Å². The summed E-state index contributed by atoms with van der Waals surface area (Å²) in [5.41, 5.74) is 0.552. The van der Waals surface area contributed by atoms with Crippen molar-refractivity contribution in [3.8, 4) is 0 Å². The molecule has 0 unspecified atom stereocenters. The van der Waals surface area contributed by atoms with Crippen LogP contribution in [-0.4, -0.2) is 21.7 Å². The lowest BCUT2D eigenvalue weighted by molar-refractivity contribution is -0.130. The fourth-order valence-corrected chi connectivity index (χ4v) is 3.53. The van der Waals surface area contributed by atoms with Gasteiger partial charge in [-0.05, 0) is 48.9 Å². The summed E-state index contributed by atoms with van der Waals surface area (Å²) in [6.07, 6.45) is 1.50. The highest BCUT2D eigenvalue weighted by Crippen LogP contribution is 2.40. The van der Waals surface area contributed by atoms with Gasteiger partial charge in [-0.2, -0.15) is 0 Å². The molecule has 3 heterocycles. The maximum Gasteiger partial charge on any atom is 0.290 e. The van der Waals surface area contributed by atoms with E-state index < -0.39 is 23.5 Å². The Balaban J connectivity index is 1.81. The molecule has 0 bridgehead atoms. The molecule has 28 heavy (non-hydrogen) atoms. The summed E-state index contributed by atoms with van der Waals surface area (Å²) >= 11 is 6.13. The highest BCUT2D eigenvalue weighted by atomic mass is 35.5. The fourth-order valence-electron chi connectivity index (χ4n) is 3.33. The highest BCUT2D eigenvalue weighted by molar-refractivity contribution is 6.30. The number of hydrogen-bond acceptors (Lipinski definition) is 5. The minimum Gasteiger partial charge on any atom is -0.503 e. The predicted octanol–water partition coefficient (Wildman–Crippen LogP) is 4.61. The quantitative estimate of drug-likeness (QED) is 0.635. The first-order valence-electron chi connectivity index (χ1n) is 8.59. The molecule has 2 aromatic heterocycles. The van der Waals surface area contributed by atoms with Crippen molar-refractivity contribution in [2.24, 2.45) is 0 Å². The molecule has 3 aromatic rings. The molecular formula is C21H16ClNO5. The van der Waals surface area contributed by atoms with Crippen LogP contribution < -0.4 is 0 Å². The van der Waals surface area contributed by atoms with Gasteiger partial charge in [0.25, 0.3) is 5.91 Å². The molecule has 0 fully saturated rings. The average Bonchev–Trinajstić information content (AvgIpc) is 3.38. The number of aliphatic hydroxyl groups excluding tert-OH is 1. The molecule has 7 heteroatoms. The van der Waals surface area contributed by atoms with E-state index in [-0.39, 0.29) is 17.9 Å². The second kappa shape index (κ2) is 7.05. The van der Waals surface area contributed by atoms with Crippen LogP contribution in [0.15, 0.2) is 75.0 Å². The van der Waals surface area contributed by atoms with Crippen molar-refractivity contribution < 1.29 is 23.5 Å². The minimum absolute atomic E-state index is 0.0480. The van der Waals surface area contributed by atoms with E-state index in [1.165, 1.54) is 17.2 Å². The summed E-state index contributed by atoms with van der Waals surface area (Å²) in [6.45, 7) is 1.80. The van der Waals surface area contributed by atoms with Crippen molar-refractivity contribution in [1.82, 2.24) is 4.90 Å². The van der Waals surface area contributed by atoms with Crippen LogP contribution in [0.2, 0.25) is 5.02 Å². The van der Waals surface area contributed by atoms with Gasteiger partial charge in [0, 0.05) is 5.02 Å². The number of aryl methyl sites for hydroxylation is 1. The largest absolute Gasteiger partial charge is 0.503 e. The van der Waals surface area contributed by atoms with Crippen molar-refractivity contribution in [2.45, 2.75) is 19.5 Å². The normalized spacial score (nSPS) is 16.9. The molecule has 1 aliphatic heterocycles. The van der Waals surface area contributed by atoms with Crippen LogP contribution >= 0.6 is 11.6 Å². The van der Waals surface area contributed by atoms with Crippen LogP contribution in [0.25, 0.3) is 0 Å². The Labute approximate surface area is 165 Å². The van der Waals surface area contributed by atoms with E-state index in [1.807, 2.05) is 0 Å². The zero-order valence-electron chi connectivity index (χ0n) is 14.9. The van der Waals surface area contributed by atoms with Gasteiger partial charge in [0.05, 0.1) is 24.4 Å². The van der Waals surface area contributed by atoms with E-state index in [1.54, 1.807) is 49.4 Å². The Morgan fingerprint density at radius 2 is 2.04 bits per heavy atom. The van der Waals surface area contributed by atoms with Crippen LogP contribution in [0.1, 0.15) is 33.7 Å². The van der Waals surface area contributed by atoms with Crippen molar-refractivity contribution in [3.05, 3.63) is 94.0 Å². The molecule has 4 rings (SSSR count). The first-order chi connectivity index (χ1) is 13.5. The molecule has 142 valence electrons. The molecule has 0 spiro atoms. The van der Waals surface area contributed by atoms with E-state index in [2.05, 4.69) is 0 Å². The lowest BCUT2D eigenvalue weighted by Gasteiger charge is -2.26. The lowest BCUT2D eigenvalue weighted by atomic mass is 9.95. The molecule has 1 atom stereocenters.